The maximum atomic E-state index is 12.4. The minimum Gasteiger partial charge on any atom is -0.388 e. The summed E-state index contributed by atoms with van der Waals surface area (Å²) < 4.78 is 5.50. The molecular formula is C20H30N2O3. The predicted octanol–water partition coefficient (Wildman–Crippen LogP) is 2.26. The van der Waals surface area contributed by atoms with Crippen molar-refractivity contribution in [1.82, 2.24) is 10.2 Å². The number of nitrogens with zero attached hydrogens (tertiary/aromatic N) is 1. The number of benzene rings is 1. The van der Waals surface area contributed by atoms with Crippen LogP contribution in [0.15, 0.2) is 30.3 Å². The highest BCUT2D eigenvalue weighted by Crippen LogP contribution is 2.34. The second kappa shape index (κ2) is 8.79. The largest absolute Gasteiger partial charge is 0.388 e. The van der Waals surface area contributed by atoms with Gasteiger partial charge in [0.2, 0.25) is 5.91 Å². The molecule has 2 aliphatic rings. The molecule has 0 radical (unpaired) electrons. The summed E-state index contributed by atoms with van der Waals surface area (Å²) in [6.45, 7) is 4.13. The van der Waals surface area contributed by atoms with Gasteiger partial charge in [0, 0.05) is 25.2 Å². The SMILES string of the molecule is O=C(CC(O)c1ccccc1)NCC1(N2CCOCC2)CCCCC1. The second-order valence-electron chi connectivity index (χ2n) is 7.29. The Hall–Kier alpha value is -1.43. The van der Waals surface area contributed by atoms with E-state index in [9.17, 15) is 9.90 Å². The molecule has 1 saturated carbocycles. The number of nitrogens with one attached hydrogen (secondary N) is 1. The lowest BCUT2D eigenvalue weighted by Crippen LogP contribution is -2.59. The van der Waals surface area contributed by atoms with Crippen LogP contribution in [0.25, 0.3) is 0 Å². The van der Waals surface area contributed by atoms with Crippen LogP contribution in [0.4, 0.5) is 0 Å². The molecule has 5 heteroatoms. The molecule has 0 aromatic heterocycles. The average molecular weight is 346 g/mol. The van der Waals surface area contributed by atoms with Gasteiger partial charge in [-0.3, -0.25) is 9.69 Å². The van der Waals surface area contributed by atoms with E-state index in [1.54, 1.807) is 0 Å². The Labute approximate surface area is 150 Å². The highest BCUT2D eigenvalue weighted by molar-refractivity contribution is 5.76. The number of carbonyl (C=O) groups is 1. The third kappa shape index (κ3) is 4.81. The molecule has 1 aliphatic heterocycles. The van der Waals surface area contributed by atoms with Crippen molar-refractivity contribution < 1.29 is 14.6 Å². The molecule has 1 amide bonds. The molecule has 5 nitrogen and oxygen atoms in total. The molecule has 1 aromatic carbocycles. The summed E-state index contributed by atoms with van der Waals surface area (Å²) in [6, 6.07) is 9.38. The van der Waals surface area contributed by atoms with Crippen molar-refractivity contribution in [3.63, 3.8) is 0 Å². The minimum atomic E-state index is -0.744. The molecule has 1 saturated heterocycles. The van der Waals surface area contributed by atoms with Crippen LogP contribution < -0.4 is 5.32 Å². The van der Waals surface area contributed by atoms with Crippen LogP contribution in [0.1, 0.15) is 50.2 Å². The van der Waals surface area contributed by atoms with Crippen molar-refractivity contribution >= 4 is 5.91 Å². The standard InChI is InChI=1S/C20H30N2O3/c23-18(17-7-3-1-4-8-17)15-19(24)21-16-20(9-5-2-6-10-20)22-11-13-25-14-12-22/h1,3-4,7-8,18,23H,2,5-6,9-16H2,(H,21,24). The normalized spacial score (nSPS) is 22.3. The van der Waals surface area contributed by atoms with Crippen molar-refractivity contribution in [2.75, 3.05) is 32.8 Å². The van der Waals surface area contributed by atoms with E-state index in [1.807, 2.05) is 30.3 Å². The lowest BCUT2D eigenvalue weighted by Gasteiger charge is -2.48. The first-order valence-electron chi connectivity index (χ1n) is 9.52. The number of morpholine rings is 1. The van der Waals surface area contributed by atoms with Gasteiger partial charge in [-0.05, 0) is 18.4 Å². The molecule has 1 atom stereocenters. The zero-order valence-corrected chi connectivity index (χ0v) is 15.0. The number of rotatable bonds is 6. The second-order valence-corrected chi connectivity index (χ2v) is 7.29. The van der Waals surface area contributed by atoms with Gasteiger partial charge in [-0.25, -0.2) is 0 Å². The van der Waals surface area contributed by atoms with Crippen LogP contribution in [-0.4, -0.2) is 54.3 Å². The fraction of sp³-hybridized carbons (Fsp3) is 0.650. The predicted molar refractivity (Wildman–Crippen MR) is 97.2 cm³/mol. The molecule has 0 spiro atoms. The minimum absolute atomic E-state index is 0.0649. The van der Waals surface area contributed by atoms with Gasteiger partial charge in [0.05, 0.1) is 25.7 Å². The van der Waals surface area contributed by atoms with Gasteiger partial charge in [0.1, 0.15) is 0 Å². The van der Waals surface area contributed by atoms with Crippen molar-refractivity contribution in [2.45, 2.75) is 50.2 Å². The lowest BCUT2D eigenvalue weighted by atomic mass is 9.79. The monoisotopic (exact) mass is 346 g/mol. The summed E-state index contributed by atoms with van der Waals surface area (Å²) >= 11 is 0. The van der Waals surface area contributed by atoms with Crippen LogP contribution >= 0.6 is 0 Å². The molecule has 1 aromatic rings. The van der Waals surface area contributed by atoms with Gasteiger partial charge in [-0.15, -0.1) is 0 Å². The first kappa shape index (κ1) is 18.4. The van der Waals surface area contributed by atoms with Crippen LogP contribution in [0.5, 0.6) is 0 Å². The first-order chi connectivity index (χ1) is 12.2. The van der Waals surface area contributed by atoms with Gasteiger partial charge in [-0.1, -0.05) is 49.6 Å². The molecule has 2 N–H and O–H groups in total. The summed E-state index contributed by atoms with van der Waals surface area (Å²) in [5, 5.41) is 13.4. The van der Waals surface area contributed by atoms with Gasteiger partial charge in [-0.2, -0.15) is 0 Å². The smallest absolute Gasteiger partial charge is 0.223 e. The highest BCUT2D eigenvalue weighted by atomic mass is 16.5. The van der Waals surface area contributed by atoms with Gasteiger partial charge in [0.25, 0.3) is 0 Å². The molecule has 138 valence electrons. The Balaban J connectivity index is 1.56. The number of carbonyl (C=O) groups excluding carboxylic acids is 1. The zero-order valence-electron chi connectivity index (χ0n) is 15.0. The van der Waals surface area contributed by atoms with E-state index in [1.165, 1.54) is 19.3 Å². The van der Waals surface area contributed by atoms with Crippen molar-refractivity contribution in [2.24, 2.45) is 0 Å². The number of hydrogen-bond donors (Lipinski definition) is 2. The third-order valence-corrected chi connectivity index (χ3v) is 5.64. The van der Waals surface area contributed by atoms with Crippen LogP contribution in [-0.2, 0) is 9.53 Å². The molecular weight excluding hydrogens is 316 g/mol. The Morgan fingerprint density at radius 1 is 1.16 bits per heavy atom. The summed E-state index contributed by atoms with van der Waals surface area (Å²) in [5.74, 6) is -0.0745. The lowest BCUT2D eigenvalue weighted by molar-refractivity contribution is -0.124. The van der Waals surface area contributed by atoms with E-state index in [2.05, 4.69) is 10.2 Å². The summed E-state index contributed by atoms with van der Waals surface area (Å²) in [7, 11) is 0. The van der Waals surface area contributed by atoms with Gasteiger partial charge in [0.15, 0.2) is 0 Å². The Morgan fingerprint density at radius 3 is 2.52 bits per heavy atom. The maximum absolute atomic E-state index is 12.4. The van der Waals surface area contributed by atoms with E-state index in [0.717, 1.165) is 44.7 Å². The first-order valence-corrected chi connectivity index (χ1v) is 9.52. The molecule has 25 heavy (non-hydrogen) atoms. The van der Waals surface area contributed by atoms with Crippen LogP contribution in [0.3, 0.4) is 0 Å². The van der Waals surface area contributed by atoms with E-state index in [4.69, 9.17) is 4.74 Å². The Morgan fingerprint density at radius 2 is 1.84 bits per heavy atom. The molecule has 1 heterocycles. The third-order valence-electron chi connectivity index (χ3n) is 5.64. The van der Waals surface area contributed by atoms with Crippen LogP contribution in [0, 0.1) is 0 Å². The number of amides is 1. The molecule has 3 rings (SSSR count). The topological polar surface area (TPSA) is 61.8 Å². The quantitative estimate of drug-likeness (QED) is 0.829. The maximum Gasteiger partial charge on any atom is 0.223 e. The number of aliphatic hydroxyl groups excluding tert-OH is 1. The molecule has 1 aliphatic carbocycles. The number of ether oxygens (including phenoxy) is 1. The number of hydrogen-bond acceptors (Lipinski definition) is 4. The average Bonchev–Trinajstić information content (AvgIpc) is 2.68. The summed E-state index contributed by atoms with van der Waals surface area (Å²) in [5.41, 5.74) is 0.855. The molecule has 2 fully saturated rings. The highest BCUT2D eigenvalue weighted by Gasteiger charge is 2.38. The van der Waals surface area contributed by atoms with Gasteiger partial charge < -0.3 is 15.2 Å². The Kier molecular flexibility index (Phi) is 6.45. The fourth-order valence-corrected chi connectivity index (χ4v) is 4.16. The van der Waals surface area contributed by atoms with E-state index in [-0.39, 0.29) is 17.9 Å². The zero-order chi connectivity index (χ0) is 17.5. The van der Waals surface area contributed by atoms with E-state index in [0.29, 0.717) is 6.54 Å². The summed E-state index contributed by atoms with van der Waals surface area (Å²) in [4.78, 5) is 14.9. The van der Waals surface area contributed by atoms with Crippen molar-refractivity contribution in [3.8, 4) is 0 Å². The number of aliphatic hydroxyl groups is 1. The van der Waals surface area contributed by atoms with Crippen molar-refractivity contribution in [3.05, 3.63) is 35.9 Å². The summed E-state index contributed by atoms with van der Waals surface area (Å²) in [6.07, 6.45) is 5.37. The van der Waals surface area contributed by atoms with Gasteiger partial charge >= 0.3 is 0 Å². The molecule has 1 unspecified atom stereocenters. The van der Waals surface area contributed by atoms with Crippen molar-refractivity contribution in [1.29, 1.82) is 0 Å². The van der Waals surface area contributed by atoms with E-state index < -0.39 is 6.10 Å². The fourth-order valence-electron chi connectivity index (χ4n) is 4.16. The van der Waals surface area contributed by atoms with Crippen LogP contribution in [0.2, 0.25) is 0 Å². The van der Waals surface area contributed by atoms with E-state index >= 15 is 0 Å². The molecule has 0 bridgehead atoms. The Bertz CT molecular complexity index is 537.